The quantitative estimate of drug-likeness (QED) is 0.846. The highest BCUT2D eigenvalue weighted by Gasteiger charge is 2.20. The fourth-order valence-corrected chi connectivity index (χ4v) is 3.74. The Bertz CT molecular complexity index is 531. The van der Waals surface area contributed by atoms with Crippen LogP contribution in [0.25, 0.3) is 0 Å². The second-order valence-electron chi connectivity index (χ2n) is 5.49. The minimum Gasteiger partial charge on any atom is -0.308 e. The van der Waals surface area contributed by atoms with Gasteiger partial charge in [-0.3, -0.25) is 4.90 Å². The largest absolute Gasteiger partial charge is 0.308 e. The van der Waals surface area contributed by atoms with Gasteiger partial charge in [0, 0.05) is 35.4 Å². The first kappa shape index (κ1) is 14.2. The SMILES string of the molecule is CC(c1cccs1)N(C)Cc1csc(CNC2CC2)n1. The smallest absolute Gasteiger partial charge is 0.107 e. The molecule has 108 valence electrons. The summed E-state index contributed by atoms with van der Waals surface area (Å²) in [5.41, 5.74) is 1.19. The fourth-order valence-electron chi connectivity index (χ4n) is 2.16. The van der Waals surface area contributed by atoms with E-state index in [4.69, 9.17) is 4.98 Å². The number of thiazole rings is 1. The molecule has 1 aliphatic carbocycles. The monoisotopic (exact) mass is 307 g/mol. The van der Waals surface area contributed by atoms with Crippen LogP contribution in [-0.2, 0) is 13.1 Å². The van der Waals surface area contributed by atoms with Crippen molar-refractivity contribution in [2.24, 2.45) is 0 Å². The minimum atomic E-state index is 0.449. The Hall–Kier alpha value is -0.750. The van der Waals surface area contributed by atoms with Gasteiger partial charge < -0.3 is 5.32 Å². The van der Waals surface area contributed by atoms with E-state index in [2.05, 4.69) is 47.1 Å². The van der Waals surface area contributed by atoms with E-state index in [1.165, 1.54) is 28.4 Å². The van der Waals surface area contributed by atoms with Gasteiger partial charge in [0.05, 0.1) is 5.69 Å². The van der Waals surface area contributed by atoms with Crippen molar-refractivity contribution >= 4 is 22.7 Å². The van der Waals surface area contributed by atoms with Crippen molar-refractivity contribution in [3.05, 3.63) is 38.5 Å². The molecule has 0 saturated heterocycles. The van der Waals surface area contributed by atoms with E-state index < -0.39 is 0 Å². The Labute approximate surface area is 128 Å². The van der Waals surface area contributed by atoms with Crippen molar-refractivity contribution < 1.29 is 0 Å². The second-order valence-corrected chi connectivity index (χ2v) is 7.42. The molecular weight excluding hydrogens is 286 g/mol. The van der Waals surface area contributed by atoms with Crippen molar-refractivity contribution in [2.45, 2.75) is 44.9 Å². The van der Waals surface area contributed by atoms with Crippen molar-refractivity contribution in [2.75, 3.05) is 7.05 Å². The molecule has 3 nitrogen and oxygen atoms in total. The maximum atomic E-state index is 4.73. The summed E-state index contributed by atoms with van der Waals surface area (Å²) in [7, 11) is 2.17. The van der Waals surface area contributed by atoms with Crippen LogP contribution in [0.15, 0.2) is 22.9 Å². The molecule has 3 rings (SSSR count). The van der Waals surface area contributed by atoms with Crippen LogP contribution in [0.1, 0.15) is 41.4 Å². The topological polar surface area (TPSA) is 28.2 Å². The van der Waals surface area contributed by atoms with Crippen molar-refractivity contribution in [3.63, 3.8) is 0 Å². The highest BCUT2D eigenvalue weighted by atomic mass is 32.1. The number of aromatic nitrogens is 1. The molecule has 5 heteroatoms. The van der Waals surface area contributed by atoms with E-state index >= 15 is 0 Å². The molecule has 0 amide bonds. The number of nitrogens with zero attached hydrogens (tertiary/aromatic N) is 2. The molecule has 0 radical (unpaired) electrons. The Balaban J connectivity index is 1.53. The lowest BCUT2D eigenvalue weighted by Crippen LogP contribution is -2.21. The maximum Gasteiger partial charge on any atom is 0.107 e. The Kier molecular flexibility index (Phi) is 4.51. The summed E-state index contributed by atoms with van der Waals surface area (Å²) in [4.78, 5) is 8.51. The number of rotatable bonds is 7. The Morgan fingerprint density at radius 2 is 2.30 bits per heavy atom. The highest BCUT2D eigenvalue weighted by Crippen LogP contribution is 2.25. The fraction of sp³-hybridized carbons (Fsp3) is 0.533. The first-order valence-electron chi connectivity index (χ1n) is 7.12. The summed E-state index contributed by atoms with van der Waals surface area (Å²) < 4.78 is 0. The molecule has 2 aromatic rings. The lowest BCUT2D eigenvalue weighted by Gasteiger charge is -2.22. The third kappa shape index (κ3) is 3.67. The minimum absolute atomic E-state index is 0.449. The lowest BCUT2D eigenvalue weighted by molar-refractivity contribution is 0.254. The van der Waals surface area contributed by atoms with Crippen molar-refractivity contribution in [3.8, 4) is 0 Å². The van der Waals surface area contributed by atoms with Crippen molar-refractivity contribution in [1.29, 1.82) is 0 Å². The molecular formula is C15H21N3S2. The van der Waals surface area contributed by atoms with Gasteiger partial charge in [0.25, 0.3) is 0 Å². The third-order valence-corrected chi connectivity index (χ3v) is 5.69. The van der Waals surface area contributed by atoms with E-state index in [0.29, 0.717) is 6.04 Å². The summed E-state index contributed by atoms with van der Waals surface area (Å²) in [6.07, 6.45) is 2.67. The van der Waals surface area contributed by atoms with Gasteiger partial charge in [0.15, 0.2) is 0 Å². The van der Waals surface area contributed by atoms with Crippen LogP contribution in [0.3, 0.4) is 0 Å². The summed E-state index contributed by atoms with van der Waals surface area (Å²) in [6.45, 7) is 4.10. The second kappa shape index (κ2) is 6.35. The lowest BCUT2D eigenvalue weighted by atomic mass is 10.2. The predicted octanol–water partition coefficient (Wildman–Crippen LogP) is 3.65. The molecule has 0 spiro atoms. The van der Waals surface area contributed by atoms with Gasteiger partial charge in [0.2, 0.25) is 0 Å². The van der Waals surface area contributed by atoms with Gasteiger partial charge in [-0.2, -0.15) is 0 Å². The van der Waals surface area contributed by atoms with E-state index in [1.807, 2.05) is 11.3 Å². The summed E-state index contributed by atoms with van der Waals surface area (Å²) in [6, 6.07) is 5.53. The zero-order chi connectivity index (χ0) is 13.9. The van der Waals surface area contributed by atoms with E-state index in [0.717, 1.165) is 19.1 Å². The summed E-state index contributed by atoms with van der Waals surface area (Å²) in [5.74, 6) is 0. The first-order chi connectivity index (χ1) is 9.72. The third-order valence-electron chi connectivity index (χ3n) is 3.75. The Morgan fingerprint density at radius 1 is 1.45 bits per heavy atom. The number of hydrogen-bond acceptors (Lipinski definition) is 5. The average molecular weight is 307 g/mol. The van der Waals surface area contributed by atoms with Gasteiger partial charge in [-0.05, 0) is 38.3 Å². The van der Waals surface area contributed by atoms with E-state index in [1.54, 1.807) is 11.3 Å². The Morgan fingerprint density at radius 3 is 3.00 bits per heavy atom. The standard InChI is InChI=1S/C15H21N3S2/c1-11(14-4-3-7-19-14)18(2)9-13-10-20-15(17-13)8-16-12-5-6-12/h3-4,7,10-12,16H,5-6,8-9H2,1-2H3. The molecule has 0 bridgehead atoms. The van der Waals surface area contributed by atoms with Crippen LogP contribution < -0.4 is 5.32 Å². The van der Waals surface area contributed by atoms with Crippen molar-refractivity contribution in [1.82, 2.24) is 15.2 Å². The van der Waals surface area contributed by atoms with Crippen LogP contribution in [0.4, 0.5) is 0 Å². The number of hydrogen-bond donors (Lipinski definition) is 1. The molecule has 1 fully saturated rings. The van der Waals surface area contributed by atoms with Crippen LogP contribution in [0.5, 0.6) is 0 Å². The summed E-state index contributed by atoms with van der Waals surface area (Å²) >= 11 is 3.60. The zero-order valence-electron chi connectivity index (χ0n) is 12.0. The average Bonchev–Trinajstić information content (AvgIpc) is 2.93. The van der Waals surface area contributed by atoms with Gasteiger partial charge >= 0.3 is 0 Å². The van der Waals surface area contributed by atoms with Crippen LogP contribution in [0, 0.1) is 0 Å². The van der Waals surface area contributed by atoms with Crippen LogP contribution in [0.2, 0.25) is 0 Å². The maximum absolute atomic E-state index is 4.73. The molecule has 1 saturated carbocycles. The van der Waals surface area contributed by atoms with E-state index in [9.17, 15) is 0 Å². The number of nitrogens with one attached hydrogen (secondary N) is 1. The summed E-state index contributed by atoms with van der Waals surface area (Å²) in [5, 5.41) is 9.07. The predicted molar refractivity (Wildman–Crippen MR) is 86.2 cm³/mol. The van der Waals surface area contributed by atoms with Gasteiger partial charge in [-0.1, -0.05) is 6.07 Å². The molecule has 0 aromatic carbocycles. The first-order valence-corrected chi connectivity index (χ1v) is 8.88. The van der Waals surface area contributed by atoms with Crippen LogP contribution >= 0.6 is 22.7 Å². The van der Waals surface area contributed by atoms with Gasteiger partial charge in [0.1, 0.15) is 5.01 Å². The molecule has 1 atom stereocenters. The van der Waals surface area contributed by atoms with Gasteiger partial charge in [-0.25, -0.2) is 4.98 Å². The molecule has 1 unspecified atom stereocenters. The normalized spacial score (nSPS) is 16.8. The van der Waals surface area contributed by atoms with Gasteiger partial charge in [-0.15, -0.1) is 22.7 Å². The van der Waals surface area contributed by atoms with E-state index in [-0.39, 0.29) is 0 Å². The number of thiophene rings is 1. The highest BCUT2D eigenvalue weighted by molar-refractivity contribution is 7.10. The molecule has 20 heavy (non-hydrogen) atoms. The molecule has 2 heterocycles. The molecule has 2 aromatic heterocycles. The van der Waals surface area contributed by atoms with Crippen LogP contribution in [-0.4, -0.2) is 23.0 Å². The molecule has 1 aliphatic rings. The molecule has 0 aliphatic heterocycles. The molecule has 1 N–H and O–H groups in total. The zero-order valence-corrected chi connectivity index (χ0v) is 13.6.